The van der Waals surface area contributed by atoms with Crippen molar-refractivity contribution in [1.29, 1.82) is 0 Å². The number of thiophene rings is 1. The summed E-state index contributed by atoms with van der Waals surface area (Å²) in [5.41, 5.74) is 1.08. The summed E-state index contributed by atoms with van der Waals surface area (Å²) in [4.78, 5) is 12.8. The van der Waals surface area contributed by atoms with Crippen LogP contribution in [0.25, 0.3) is 0 Å². The summed E-state index contributed by atoms with van der Waals surface area (Å²) in [6.45, 7) is 4.12. The van der Waals surface area contributed by atoms with Crippen molar-refractivity contribution in [1.82, 2.24) is 10.6 Å². The van der Waals surface area contributed by atoms with Gasteiger partial charge >= 0.3 is 0 Å². The van der Waals surface area contributed by atoms with Gasteiger partial charge in [0.05, 0.1) is 4.88 Å². The highest BCUT2D eigenvalue weighted by Gasteiger charge is 2.53. The van der Waals surface area contributed by atoms with Gasteiger partial charge in [0.15, 0.2) is 0 Å². The zero-order valence-electron chi connectivity index (χ0n) is 8.62. The largest absolute Gasteiger partial charge is 0.348 e. The van der Waals surface area contributed by atoms with Gasteiger partial charge in [0.25, 0.3) is 5.91 Å². The second kappa shape index (κ2) is 3.32. The molecule has 0 radical (unpaired) electrons. The molecule has 2 fully saturated rings. The van der Waals surface area contributed by atoms with E-state index in [0.29, 0.717) is 17.9 Å². The van der Waals surface area contributed by atoms with Crippen LogP contribution in [0.5, 0.6) is 0 Å². The molecule has 80 valence electrons. The van der Waals surface area contributed by atoms with E-state index in [2.05, 4.69) is 10.6 Å². The second-order valence-corrected chi connectivity index (χ2v) is 5.33. The summed E-state index contributed by atoms with van der Waals surface area (Å²) in [5.74, 6) is 1.49. The molecule has 2 heterocycles. The number of hydrogen-bond acceptors (Lipinski definition) is 3. The first kappa shape index (κ1) is 9.36. The molecule has 1 aliphatic heterocycles. The smallest absolute Gasteiger partial charge is 0.261 e. The summed E-state index contributed by atoms with van der Waals surface area (Å²) < 4.78 is 0. The van der Waals surface area contributed by atoms with Gasteiger partial charge in [-0.2, -0.15) is 0 Å². The molecule has 1 saturated carbocycles. The molecule has 1 saturated heterocycles. The van der Waals surface area contributed by atoms with Crippen LogP contribution in [-0.4, -0.2) is 25.0 Å². The highest BCUT2D eigenvalue weighted by atomic mass is 32.1. The molecule has 1 aromatic heterocycles. The average molecular weight is 222 g/mol. The molecule has 2 unspecified atom stereocenters. The summed E-state index contributed by atoms with van der Waals surface area (Å²) >= 11 is 1.53. The van der Waals surface area contributed by atoms with Crippen molar-refractivity contribution in [3.05, 3.63) is 21.9 Å². The monoisotopic (exact) mass is 222 g/mol. The molecule has 2 atom stereocenters. The standard InChI is InChI=1S/C11H14N2OS/c1-6-2-3-15-10(6)11(14)13-9-7-4-12-5-8(7)9/h2-3,7-9,12H,4-5H2,1H3,(H,13,14). The van der Waals surface area contributed by atoms with Crippen LogP contribution in [0.2, 0.25) is 0 Å². The number of nitrogens with one attached hydrogen (secondary N) is 2. The van der Waals surface area contributed by atoms with Crippen molar-refractivity contribution in [2.24, 2.45) is 11.8 Å². The predicted molar refractivity (Wildman–Crippen MR) is 60.2 cm³/mol. The topological polar surface area (TPSA) is 41.1 Å². The molecule has 0 spiro atoms. The number of carbonyl (C=O) groups is 1. The van der Waals surface area contributed by atoms with Crippen molar-refractivity contribution in [2.75, 3.05) is 13.1 Å². The van der Waals surface area contributed by atoms with Crippen molar-refractivity contribution in [2.45, 2.75) is 13.0 Å². The lowest BCUT2D eigenvalue weighted by atomic mass is 10.3. The summed E-state index contributed by atoms with van der Waals surface area (Å²) in [6, 6.07) is 2.43. The Morgan fingerprint density at radius 3 is 2.87 bits per heavy atom. The van der Waals surface area contributed by atoms with Gasteiger partial charge in [-0.1, -0.05) is 0 Å². The van der Waals surface area contributed by atoms with Crippen molar-refractivity contribution < 1.29 is 4.79 Å². The van der Waals surface area contributed by atoms with Crippen LogP contribution in [0.1, 0.15) is 15.2 Å². The molecule has 1 aliphatic carbocycles. The Bertz CT molecular complexity index is 391. The fourth-order valence-electron chi connectivity index (χ4n) is 2.45. The zero-order chi connectivity index (χ0) is 10.4. The van der Waals surface area contributed by atoms with Crippen LogP contribution >= 0.6 is 11.3 Å². The minimum absolute atomic E-state index is 0.113. The van der Waals surface area contributed by atoms with Gasteiger partial charge in [0.1, 0.15) is 0 Å². The minimum Gasteiger partial charge on any atom is -0.348 e. The molecule has 1 aromatic rings. The third kappa shape index (κ3) is 1.48. The van der Waals surface area contributed by atoms with Gasteiger partial charge in [-0.3, -0.25) is 4.79 Å². The molecule has 4 heteroatoms. The van der Waals surface area contributed by atoms with Crippen LogP contribution in [0.4, 0.5) is 0 Å². The van der Waals surface area contributed by atoms with Gasteiger partial charge in [0, 0.05) is 19.1 Å². The maximum absolute atomic E-state index is 11.9. The molecule has 3 nitrogen and oxygen atoms in total. The molecule has 2 N–H and O–H groups in total. The van der Waals surface area contributed by atoms with Crippen LogP contribution in [0.15, 0.2) is 11.4 Å². The fourth-order valence-corrected chi connectivity index (χ4v) is 3.28. The first-order chi connectivity index (χ1) is 7.27. The van der Waals surface area contributed by atoms with E-state index in [4.69, 9.17) is 0 Å². The predicted octanol–water partition coefficient (Wildman–Crippen LogP) is 1.00. The second-order valence-electron chi connectivity index (χ2n) is 4.42. The van der Waals surface area contributed by atoms with Gasteiger partial charge in [-0.25, -0.2) is 0 Å². The number of amides is 1. The number of hydrogen-bond donors (Lipinski definition) is 2. The van der Waals surface area contributed by atoms with Crippen LogP contribution in [-0.2, 0) is 0 Å². The summed E-state index contributed by atoms with van der Waals surface area (Å²) in [5, 5.41) is 8.42. The molecule has 0 aromatic carbocycles. The number of piperidine rings is 1. The lowest BCUT2D eigenvalue weighted by Crippen LogP contribution is -2.32. The number of carbonyl (C=O) groups excluding carboxylic acids is 1. The molecule has 15 heavy (non-hydrogen) atoms. The van der Waals surface area contributed by atoms with Gasteiger partial charge in [-0.05, 0) is 35.8 Å². The third-order valence-corrected chi connectivity index (χ3v) is 4.47. The van der Waals surface area contributed by atoms with E-state index in [0.717, 1.165) is 23.5 Å². The SMILES string of the molecule is Cc1ccsc1C(=O)NC1C2CNCC21. The lowest BCUT2D eigenvalue weighted by molar-refractivity contribution is 0.0950. The third-order valence-electron chi connectivity index (χ3n) is 3.46. The van der Waals surface area contributed by atoms with E-state index < -0.39 is 0 Å². The highest BCUT2D eigenvalue weighted by Crippen LogP contribution is 2.41. The normalized spacial score (nSPS) is 32.5. The number of aryl methyl sites for hydroxylation is 1. The molecular weight excluding hydrogens is 208 g/mol. The van der Waals surface area contributed by atoms with Gasteiger partial charge in [-0.15, -0.1) is 11.3 Å². The minimum atomic E-state index is 0.113. The Balaban J connectivity index is 1.65. The fraction of sp³-hybridized carbons (Fsp3) is 0.545. The zero-order valence-corrected chi connectivity index (χ0v) is 9.43. The summed E-state index contributed by atoms with van der Waals surface area (Å²) in [7, 11) is 0. The van der Waals surface area contributed by atoms with E-state index in [1.165, 1.54) is 11.3 Å². The van der Waals surface area contributed by atoms with Crippen molar-refractivity contribution in [3.63, 3.8) is 0 Å². The van der Waals surface area contributed by atoms with E-state index >= 15 is 0 Å². The molecule has 0 bridgehead atoms. The van der Waals surface area contributed by atoms with E-state index in [1.807, 2.05) is 18.4 Å². The molecule has 3 rings (SSSR count). The van der Waals surface area contributed by atoms with Crippen LogP contribution in [0, 0.1) is 18.8 Å². The molecule has 2 aliphatic rings. The number of fused-ring (bicyclic) bond motifs is 1. The average Bonchev–Trinajstić information content (AvgIpc) is 2.66. The van der Waals surface area contributed by atoms with E-state index in [-0.39, 0.29) is 5.91 Å². The lowest BCUT2D eigenvalue weighted by Gasteiger charge is -2.06. The van der Waals surface area contributed by atoms with Crippen LogP contribution < -0.4 is 10.6 Å². The number of rotatable bonds is 2. The van der Waals surface area contributed by atoms with Crippen molar-refractivity contribution in [3.8, 4) is 0 Å². The first-order valence-electron chi connectivity index (χ1n) is 5.33. The Hall–Kier alpha value is -0.870. The maximum atomic E-state index is 11.9. The highest BCUT2D eigenvalue weighted by molar-refractivity contribution is 7.12. The van der Waals surface area contributed by atoms with E-state index in [1.54, 1.807) is 0 Å². The Labute approximate surface area is 92.9 Å². The van der Waals surface area contributed by atoms with Crippen molar-refractivity contribution >= 4 is 17.2 Å². The Kier molecular flexibility index (Phi) is 2.07. The van der Waals surface area contributed by atoms with Crippen LogP contribution in [0.3, 0.4) is 0 Å². The van der Waals surface area contributed by atoms with E-state index in [9.17, 15) is 4.79 Å². The maximum Gasteiger partial charge on any atom is 0.261 e. The molecule has 1 amide bonds. The molecular formula is C11H14N2OS. The Morgan fingerprint density at radius 1 is 1.53 bits per heavy atom. The first-order valence-corrected chi connectivity index (χ1v) is 6.21. The Morgan fingerprint density at radius 2 is 2.27 bits per heavy atom. The van der Waals surface area contributed by atoms with Gasteiger partial charge < -0.3 is 10.6 Å². The summed E-state index contributed by atoms with van der Waals surface area (Å²) in [6.07, 6.45) is 0. The quantitative estimate of drug-likeness (QED) is 0.784. The van der Waals surface area contributed by atoms with Gasteiger partial charge in [0.2, 0.25) is 0 Å².